The Morgan fingerprint density at radius 2 is 1.59 bits per heavy atom. The van der Waals surface area contributed by atoms with Crippen LogP contribution in [0, 0.1) is 18.8 Å². The second-order valence-corrected chi connectivity index (χ2v) is 10.1. The molecule has 0 atom stereocenters. The van der Waals surface area contributed by atoms with Crippen LogP contribution in [0.25, 0.3) is 49.4 Å². The molecule has 41 heavy (non-hydrogen) atoms. The minimum atomic E-state index is 0. The maximum Gasteiger partial charge on any atom is 3.00 e. The van der Waals surface area contributed by atoms with E-state index in [2.05, 4.69) is 112 Å². The zero-order chi connectivity index (χ0) is 26.9. The molecule has 4 nitrogen and oxygen atoms in total. The molecule has 0 unspecified atom stereocenters. The van der Waals surface area contributed by atoms with Crippen LogP contribution in [0.15, 0.2) is 116 Å². The molecule has 4 aromatic carbocycles. The van der Waals surface area contributed by atoms with Gasteiger partial charge in [-0.25, -0.2) is 0 Å². The molecule has 0 radical (unpaired) electrons. The fourth-order valence-corrected chi connectivity index (χ4v) is 5.59. The molecule has 0 bridgehead atoms. The first-order chi connectivity index (χ1) is 19.8. The summed E-state index contributed by atoms with van der Waals surface area (Å²) in [5.74, 6) is 0. The molecule has 0 spiro atoms. The van der Waals surface area contributed by atoms with Gasteiger partial charge in [0, 0.05) is 22.5 Å². The third kappa shape index (κ3) is 4.97. The van der Waals surface area contributed by atoms with Crippen molar-refractivity contribution in [3.8, 4) is 11.3 Å². The Morgan fingerprint density at radius 3 is 2.39 bits per heavy atom. The molecule has 8 rings (SSSR count). The van der Waals surface area contributed by atoms with Crippen LogP contribution in [0.4, 0.5) is 5.69 Å². The molecule has 0 N–H and O–H groups in total. The van der Waals surface area contributed by atoms with Gasteiger partial charge in [-0.05, 0) is 48.6 Å². The van der Waals surface area contributed by atoms with Crippen LogP contribution in [-0.2, 0) is 20.1 Å². The summed E-state index contributed by atoms with van der Waals surface area (Å²) in [4.78, 5) is 8.64. The summed E-state index contributed by atoms with van der Waals surface area (Å²) in [5.41, 5.74) is 6.92. The number of fused-ring (bicyclic) bond motifs is 6. The van der Waals surface area contributed by atoms with Crippen LogP contribution in [0.3, 0.4) is 0 Å². The Morgan fingerprint density at radius 1 is 0.780 bits per heavy atom. The topological polar surface area (TPSA) is 23.8 Å². The van der Waals surface area contributed by atoms with Gasteiger partial charge in [-0.3, -0.25) is 0 Å². The fourth-order valence-electron chi connectivity index (χ4n) is 5.59. The van der Waals surface area contributed by atoms with Crippen LogP contribution >= 0.6 is 0 Å². The molecule has 7 aromatic rings. The minimum absolute atomic E-state index is 0. The summed E-state index contributed by atoms with van der Waals surface area (Å²) in [7, 11) is 0. The van der Waals surface area contributed by atoms with Crippen LogP contribution in [0.1, 0.15) is 19.8 Å². The van der Waals surface area contributed by atoms with E-state index in [1.54, 1.807) is 6.20 Å². The number of unbranched alkanes of at least 4 members (excludes halogenated alkanes) is 1. The van der Waals surface area contributed by atoms with Crippen molar-refractivity contribution < 1.29 is 20.1 Å². The van der Waals surface area contributed by atoms with Gasteiger partial charge in [0.05, 0.1) is 5.52 Å². The van der Waals surface area contributed by atoms with E-state index in [1.165, 1.54) is 50.9 Å². The fraction of sp³-hybridized carbons (Fsp3) is 0.111. The Balaban J connectivity index is 0.000000196. The molecule has 3 aromatic heterocycles. The van der Waals surface area contributed by atoms with Crippen molar-refractivity contribution in [2.75, 3.05) is 11.4 Å². The van der Waals surface area contributed by atoms with Crippen LogP contribution in [-0.4, -0.2) is 20.8 Å². The maximum absolute atomic E-state index is 4.22. The van der Waals surface area contributed by atoms with E-state index in [1.807, 2.05) is 42.5 Å². The normalized spacial score (nSPS) is 12.8. The summed E-state index contributed by atoms with van der Waals surface area (Å²) in [6, 6.07) is 40.1. The first-order valence-corrected chi connectivity index (χ1v) is 13.9. The predicted molar refractivity (Wildman–Crippen MR) is 166 cm³/mol. The predicted octanol–water partition coefficient (Wildman–Crippen LogP) is 8.70. The van der Waals surface area contributed by atoms with Gasteiger partial charge in [0.15, 0.2) is 0 Å². The van der Waals surface area contributed by atoms with Gasteiger partial charge < -0.3 is 19.2 Å². The third-order valence-electron chi connectivity index (χ3n) is 7.53. The minimum Gasteiger partial charge on any atom is -0.508 e. The quantitative estimate of drug-likeness (QED) is 0.167. The Kier molecular flexibility index (Phi) is 7.73. The van der Waals surface area contributed by atoms with Crippen LogP contribution in [0.2, 0.25) is 0 Å². The summed E-state index contributed by atoms with van der Waals surface area (Å²) < 4.78 is 2.42. The second kappa shape index (κ2) is 11.7. The van der Waals surface area contributed by atoms with Gasteiger partial charge in [-0.1, -0.05) is 67.4 Å². The van der Waals surface area contributed by atoms with E-state index >= 15 is 0 Å². The molecule has 5 heteroatoms. The summed E-state index contributed by atoms with van der Waals surface area (Å²) >= 11 is 0. The van der Waals surface area contributed by atoms with Crippen molar-refractivity contribution in [3.63, 3.8) is 0 Å². The number of para-hydroxylation sites is 2. The first-order valence-electron chi connectivity index (χ1n) is 13.9. The number of aromatic nitrogens is 2. The maximum atomic E-state index is 4.22. The summed E-state index contributed by atoms with van der Waals surface area (Å²) in [6.07, 6.45) is 8.47. The molecule has 202 valence electrons. The molecule has 0 aliphatic carbocycles. The standard InChI is InChI=1S/C25H21N3.C11H8N.Ir/c1-2-3-13-26-14-15-27(17-26)18-11-12-20-22-9-6-8-21-19-7-4-5-10-23(19)28(25(21)22)24(20)16-18;1-2-6-10(7-3-1)11-8-4-5-9-12-11;/h4-10,12,14-17H,2-3,13H2,1H3;1-6,8-9H;/q-2;-1;+3. The second-order valence-electron chi connectivity index (χ2n) is 10.1. The number of nitrogens with zero attached hydrogens (tertiary/aromatic N) is 4. The summed E-state index contributed by atoms with van der Waals surface area (Å²) in [5, 5.41) is 5.21. The molecule has 0 fully saturated rings. The SMILES string of the molecule is CCCCN1C=CN(c2[c-]cc3c4cccc5c6ccccc6n(c3c2)c54)[CH-]1.[Ir+3].[c-]1ccccc1-c1ccccn1. The summed E-state index contributed by atoms with van der Waals surface area (Å²) in [6.45, 7) is 5.45. The molecule has 0 amide bonds. The van der Waals surface area contributed by atoms with Crippen molar-refractivity contribution in [2.45, 2.75) is 19.8 Å². The number of rotatable bonds is 5. The van der Waals surface area contributed by atoms with Gasteiger partial charge in [-0.2, -0.15) is 18.8 Å². The first kappa shape index (κ1) is 27.0. The number of hydrogen-bond donors (Lipinski definition) is 0. The molecule has 1 aliphatic rings. The number of pyridine rings is 1. The van der Waals surface area contributed by atoms with Gasteiger partial charge >= 0.3 is 20.1 Å². The average molecular weight is 710 g/mol. The van der Waals surface area contributed by atoms with E-state index < -0.39 is 0 Å². The van der Waals surface area contributed by atoms with Crippen molar-refractivity contribution in [1.82, 2.24) is 14.3 Å². The van der Waals surface area contributed by atoms with Crippen molar-refractivity contribution in [3.05, 3.63) is 134 Å². The van der Waals surface area contributed by atoms with Crippen molar-refractivity contribution >= 4 is 43.8 Å². The van der Waals surface area contributed by atoms with Gasteiger partial charge in [-0.15, -0.1) is 53.0 Å². The van der Waals surface area contributed by atoms with Gasteiger partial charge in [0.1, 0.15) is 0 Å². The number of benzene rings is 4. The zero-order valence-electron chi connectivity index (χ0n) is 22.8. The smallest absolute Gasteiger partial charge is 0.508 e. The molecular formula is C36H29IrN4. The Hall–Kier alpha value is -4.18. The van der Waals surface area contributed by atoms with Crippen molar-refractivity contribution in [1.29, 1.82) is 0 Å². The third-order valence-corrected chi connectivity index (χ3v) is 7.53. The van der Waals surface area contributed by atoms with Crippen LogP contribution in [0.5, 0.6) is 0 Å². The molecule has 1 aliphatic heterocycles. The largest absolute Gasteiger partial charge is 3.00 e. The zero-order valence-corrected chi connectivity index (χ0v) is 25.2. The van der Waals surface area contributed by atoms with E-state index in [-0.39, 0.29) is 20.1 Å². The monoisotopic (exact) mass is 710 g/mol. The van der Waals surface area contributed by atoms with E-state index in [9.17, 15) is 0 Å². The molecular weight excluding hydrogens is 681 g/mol. The van der Waals surface area contributed by atoms with E-state index in [4.69, 9.17) is 0 Å². The van der Waals surface area contributed by atoms with E-state index in [0.717, 1.165) is 23.5 Å². The molecule has 0 saturated carbocycles. The van der Waals surface area contributed by atoms with Crippen molar-refractivity contribution in [2.24, 2.45) is 0 Å². The number of hydrogen-bond acceptors (Lipinski definition) is 3. The van der Waals surface area contributed by atoms with Gasteiger partial charge in [0.25, 0.3) is 0 Å². The average Bonchev–Trinajstić information content (AvgIpc) is 3.73. The molecule has 4 heterocycles. The Labute approximate surface area is 254 Å². The number of anilines is 1. The molecule has 0 saturated heterocycles. The Bertz CT molecular complexity index is 1890. The van der Waals surface area contributed by atoms with Gasteiger partial charge in [0.2, 0.25) is 0 Å². The van der Waals surface area contributed by atoms with E-state index in [0.29, 0.717) is 0 Å². The van der Waals surface area contributed by atoms with Crippen LogP contribution < -0.4 is 4.90 Å².